The molecule has 120 valence electrons. The van der Waals surface area contributed by atoms with Gasteiger partial charge in [0.1, 0.15) is 11.4 Å². The highest BCUT2D eigenvalue weighted by atomic mass is 19.2. The minimum absolute atomic E-state index is 0.0277. The summed E-state index contributed by atoms with van der Waals surface area (Å²) >= 11 is 0. The SMILES string of the molecule is O=[N+]([O-])c1ccc(Nc2c(F)c(F)cc(F)c2F)c([N+](=O)[O-])c1. The van der Waals surface area contributed by atoms with Crippen molar-refractivity contribution in [2.24, 2.45) is 0 Å². The van der Waals surface area contributed by atoms with E-state index >= 15 is 0 Å². The zero-order chi connectivity index (χ0) is 17.3. The molecule has 2 rings (SSSR count). The number of rotatable bonds is 4. The fourth-order valence-corrected chi connectivity index (χ4v) is 1.71. The van der Waals surface area contributed by atoms with E-state index in [1.165, 1.54) is 0 Å². The van der Waals surface area contributed by atoms with E-state index in [0.717, 1.165) is 12.1 Å². The van der Waals surface area contributed by atoms with Gasteiger partial charge in [0.25, 0.3) is 11.4 Å². The first-order valence-electron chi connectivity index (χ1n) is 5.75. The molecule has 0 heterocycles. The summed E-state index contributed by atoms with van der Waals surface area (Å²) in [6, 6.07) is 2.12. The molecule has 0 amide bonds. The van der Waals surface area contributed by atoms with Crippen LogP contribution in [-0.4, -0.2) is 9.85 Å². The van der Waals surface area contributed by atoms with Crippen LogP contribution in [0.3, 0.4) is 0 Å². The summed E-state index contributed by atoms with van der Waals surface area (Å²) in [6.45, 7) is 0. The molecule has 0 unspecified atom stereocenters. The maximum Gasteiger partial charge on any atom is 0.299 e. The van der Waals surface area contributed by atoms with E-state index in [1.54, 1.807) is 0 Å². The van der Waals surface area contributed by atoms with Crippen LogP contribution in [0.15, 0.2) is 24.3 Å². The van der Waals surface area contributed by atoms with E-state index in [0.29, 0.717) is 6.07 Å². The lowest BCUT2D eigenvalue weighted by atomic mass is 10.2. The monoisotopic (exact) mass is 331 g/mol. The number of nitro groups is 2. The summed E-state index contributed by atoms with van der Waals surface area (Å²) < 4.78 is 53.3. The molecule has 0 atom stereocenters. The van der Waals surface area contributed by atoms with Gasteiger partial charge in [-0.1, -0.05) is 0 Å². The Labute approximate surface area is 124 Å². The van der Waals surface area contributed by atoms with Crippen LogP contribution < -0.4 is 5.32 Å². The molecule has 2 aromatic carbocycles. The van der Waals surface area contributed by atoms with Crippen molar-refractivity contribution in [3.63, 3.8) is 0 Å². The van der Waals surface area contributed by atoms with Gasteiger partial charge in [-0.05, 0) is 6.07 Å². The van der Waals surface area contributed by atoms with Crippen LogP contribution in [0.1, 0.15) is 0 Å². The lowest BCUT2D eigenvalue weighted by Gasteiger charge is -2.10. The highest BCUT2D eigenvalue weighted by Gasteiger charge is 2.24. The second-order valence-electron chi connectivity index (χ2n) is 4.18. The number of hydrogen-bond donors (Lipinski definition) is 1. The van der Waals surface area contributed by atoms with Crippen molar-refractivity contribution >= 4 is 22.7 Å². The Morgan fingerprint density at radius 1 is 0.870 bits per heavy atom. The van der Waals surface area contributed by atoms with Gasteiger partial charge in [-0.2, -0.15) is 0 Å². The van der Waals surface area contributed by atoms with Gasteiger partial charge in [0.15, 0.2) is 23.3 Å². The minimum Gasteiger partial charge on any atom is -0.345 e. The quantitative estimate of drug-likeness (QED) is 0.398. The number of hydrogen-bond acceptors (Lipinski definition) is 5. The topological polar surface area (TPSA) is 98.3 Å². The molecule has 0 saturated carbocycles. The summed E-state index contributed by atoms with van der Waals surface area (Å²) in [6.07, 6.45) is 0. The summed E-state index contributed by atoms with van der Waals surface area (Å²) in [4.78, 5) is 19.5. The average molecular weight is 331 g/mol. The van der Waals surface area contributed by atoms with Gasteiger partial charge in [-0.25, -0.2) is 17.6 Å². The molecule has 0 aliphatic heterocycles. The summed E-state index contributed by atoms with van der Waals surface area (Å²) in [5.41, 5.74) is -3.42. The van der Waals surface area contributed by atoms with E-state index in [2.05, 4.69) is 0 Å². The molecule has 0 aliphatic rings. The van der Waals surface area contributed by atoms with Gasteiger partial charge in [0.2, 0.25) is 0 Å². The van der Waals surface area contributed by atoms with Crippen molar-refractivity contribution in [3.8, 4) is 0 Å². The predicted octanol–water partition coefficient (Wildman–Crippen LogP) is 3.80. The Kier molecular flexibility index (Phi) is 4.12. The molecule has 7 nitrogen and oxygen atoms in total. The summed E-state index contributed by atoms with van der Waals surface area (Å²) in [5, 5.41) is 23.3. The Balaban J connectivity index is 2.57. The lowest BCUT2D eigenvalue weighted by molar-refractivity contribution is -0.393. The van der Waals surface area contributed by atoms with Crippen molar-refractivity contribution in [1.82, 2.24) is 0 Å². The molecular formula is C12H5F4N3O4. The zero-order valence-electron chi connectivity index (χ0n) is 10.8. The Morgan fingerprint density at radius 2 is 1.43 bits per heavy atom. The normalized spacial score (nSPS) is 10.4. The van der Waals surface area contributed by atoms with E-state index < -0.39 is 55.9 Å². The molecular weight excluding hydrogens is 326 g/mol. The minimum atomic E-state index is -1.79. The van der Waals surface area contributed by atoms with Gasteiger partial charge in [-0.3, -0.25) is 20.2 Å². The number of nitrogens with zero attached hydrogens (tertiary/aromatic N) is 2. The number of nitro benzene ring substituents is 2. The molecule has 0 fully saturated rings. The third-order valence-electron chi connectivity index (χ3n) is 2.76. The Hall–Kier alpha value is -3.24. The van der Waals surface area contributed by atoms with Crippen molar-refractivity contribution in [2.45, 2.75) is 0 Å². The molecule has 23 heavy (non-hydrogen) atoms. The van der Waals surface area contributed by atoms with Crippen molar-refractivity contribution in [2.75, 3.05) is 5.32 Å². The molecule has 1 N–H and O–H groups in total. The maximum atomic E-state index is 13.5. The van der Waals surface area contributed by atoms with Crippen LogP contribution in [-0.2, 0) is 0 Å². The van der Waals surface area contributed by atoms with Gasteiger partial charge in [0.05, 0.1) is 15.9 Å². The third-order valence-corrected chi connectivity index (χ3v) is 2.76. The first kappa shape index (κ1) is 16.1. The lowest BCUT2D eigenvalue weighted by Crippen LogP contribution is -2.05. The van der Waals surface area contributed by atoms with Crippen LogP contribution in [0.2, 0.25) is 0 Å². The zero-order valence-corrected chi connectivity index (χ0v) is 10.8. The van der Waals surface area contributed by atoms with E-state index in [1.807, 2.05) is 5.32 Å². The largest absolute Gasteiger partial charge is 0.345 e. The van der Waals surface area contributed by atoms with Crippen LogP contribution in [0.25, 0.3) is 0 Å². The van der Waals surface area contributed by atoms with Gasteiger partial charge < -0.3 is 5.32 Å². The molecule has 11 heteroatoms. The molecule has 0 saturated heterocycles. The second kappa shape index (κ2) is 5.87. The Morgan fingerprint density at radius 3 is 1.91 bits per heavy atom. The van der Waals surface area contributed by atoms with Gasteiger partial charge >= 0.3 is 0 Å². The maximum absolute atomic E-state index is 13.5. The smallest absolute Gasteiger partial charge is 0.299 e. The molecule has 0 radical (unpaired) electrons. The highest BCUT2D eigenvalue weighted by Crippen LogP contribution is 2.34. The molecule has 0 aliphatic carbocycles. The third kappa shape index (κ3) is 3.02. The number of anilines is 2. The summed E-state index contributed by atoms with van der Waals surface area (Å²) in [7, 11) is 0. The van der Waals surface area contributed by atoms with E-state index in [9.17, 15) is 37.8 Å². The fraction of sp³-hybridized carbons (Fsp3) is 0. The van der Waals surface area contributed by atoms with Crippen LogP contribution in [0, 0.1) is 43.5 Å². The second-order valence-corrected chi connectivity index (χ2v) is 4.18. The average Bonchev–Trinajstić information content (AvgIpc) is 2.49. The van der Waals surface area contributed by atoms with Gasteiger partial charge in [-0.15, -0.1) is 0 Å². The predicted molar refractivity (Wildman–Crippen MR) is 69.3 cm³/mol. The van der Waals surface area contributed by atoms with Crippen molar-refractivity contribution < 1.29 is 27.4 Å². The number of halogens is 4. The molecule has 0 aromatic heterocycles. The van der Waals surface area contributed by atoms with Crippen LogP contribution in [0.5, 0.6) is 0 Å². The number of benzene rings is 2. The standard InChI is InChI=1S/C12H5F4N3O4/c13-6-4-7(14)11(16)12(10(6)15)17-8-2-1-5(18(20)21)3-9(8)19(22)23/h1-4,17H. The first-order valence-corrected chi connectivity index (χ1v) is 5.75. The van der Waals surface area contributed by atoms with E-state index in [4.69, 9.17) is 0 Å². The summed E-state index contributed by atoms with van der Waals surface area (Å²) in [5.74, 6) is -7.01. The van der Waals surface area contributed by atoms with Crippen LogP contribution in [0.4, 0.5) is 40.3 Å². The molecule has 2 aromatic rings. The molecule has 0 bridgehead atoms. The van der Waals surface area contributed by atoms with Gasteiger partial charge in [0, 0.05) is 12.1 Å². The van der Waals surface area contributed by atoms with E-state index in [-0.39, 0.29) is 6.07 Å². The van der Waals surface area contributed by atoms with Crippen molar-refractivity contribution in [3.05, 3.63) is 67.8 Å². The number of non-ortho nitro benzene ring substituents is 1. The highest BCUT2D eigenvalue weighted by molar-refractivity contribution is 5.72. The molecule has 0 spiro atoms. The first-order chi connectivity index (χ1) is 10.7. The fourth-order valence-electron chi connectivity index (χ4n) is 1.71. The van der Waals surface area contributed by atoms with Crippen molar-refractivity contribution in [1.29, 1.82) is 0 Å². The Bertz CT molecular complexity index is 802. The number of nitrogens with one attached hydrogen (secondary N) is 1. The van der Waals surface area contributed by atoms with Crippen LogP contribution >= 0.6 is 0 Å².